The summed E-state index contributed by atoms with van der Waals surface area (Å²) in [6, 6.07) is 7.00. The minimum atomic E-state index is -0.271. The Bertz CT molecular complexity index is 563. The molecular formula is C12H12ClN3O. The van der Waals surface area contributed by atoms with Crippen LogP contribution in [0.15, 0.2) is 30.5 Å². The van der Waals surface area contributed by atoms with Crippen LogP contribution in [0.5, 0.6) is 0 Å². The van der Waals surface area contributed by atoms with Crippen molar-refractivity contribution < 1.29 is 4.79 Å². The van der Waals surface area contributed by atoms with E-state index < -0.39 is 0 Å². The second-order valence-electron chi connectivity index (χ2n) is 3.78. The molecule has 17 heavy (non-hydrogen) atoms. The quantitative estimate of drug-likeness (QED) is 0.766. The largest absolute Gasteiger partial charge is 0.397 e. The summed E-state index contributed by atoms with van der Waals surface area (Å²) in [5, 5.41) is 3.22. The summed E-state index contributed by atoms with van der Waals surface area (Å²) in [4.78, 5) is 14.6. The number of nitrogens with two attached hydrogens (primary N) is 1. The van der Waals surface area contributed by atoms with Gasteiger partial charge in [-0.1, -0.05) is 17.7 Å². The molecule has 0 atom stereocenters. The van der Waals surface area contributed by atoms with Crippen LogP contribution in [0.2, 0.25) is 5.02 Å². The third-order valence-corrected chi connectivity index (χ3v) is 2.64. The fraction of sp³-hybridized carbons (Fsp3) is 0.0833. The number of aromatic amines is 1. The number of amides is 1. The molecule has 1 amide bonds. The summed E-state index contributed by atoms with van der Waals surface area (Å²) in [7, 11) is 0. The van der Waals surface area contributed by atoms with Gasteiger partial charge >= 0.3 is 0 Å². The number of aromatic nitrogens is 1. The number of benzene rings is 1. The predicted octanol–water partition coefficient (Wildman–Crippen LogP) is 2.81. The highest BCUT2D eigenvalue weighted by Crippen LogP contribution is 2.23. The van der Waals surface area contributed by atoms with Crippen molar-refractivity contribution in [2.45, 2.75) is 6.92 Å². The van der Waals surface area contributed by atoms with Gasteiger partial charge in [0.1, 0.15) is 5.69 Å². The van der Waals surface area contributed by atoms with E-state index in [0.717, 1.165) is 5.56 Å². The Hall–Kier alpha value is -1.94. The number of carbonyl (C=O) groups excluding carboxylic acids is 1. The molecule has 0 bridgehead atoms. The number of aryl methyl sites for hydroxylation is 1. The van der Waals surface area contributed by atoms with Gasteiger partial charge in [0.2, 0.25) is 0 Å². The second kappa shape index (κ2) is 4.51. The average molecular weight is 250 g/mol. The monoisotopic (exact) mass is 249 g/mol. The van der Waals surface area contributed by atoms with E-state index in [0.29, 0.717) is 22.1 Å². The molecule has 4 N–H and O–H groups in total. The third kappa shape index (κ3) is 2.60. The van der Waals surface area contributed by atoms with Gasteiger partial charge in [0.25, 0.3) is 5.91 Å². The van der Waals surface area contributed by atoms with Crippen LogP contribution >= 0.6 is 11.6 Å². The van der Waals surface area contributed by atoms with Gasteiger partial charge in [0.15, 0.2) is 0 Å². The van der Waals surface area contributed by atoms with Crippen LogP contribution in [0.4, 0.5) is 11.4 Å². The van der Waals surface area contributed by atoms with E-state index in [9.17, 15) is 4.79 Å². The smallest absolute Gasteiger partial charge is 0.272 e. The first-order valence-corrected chi connectivity index (χ1v) is 5.45. The highest BCUT2D eigenvalue weighted by Gasteiger charge is 2.09. The summed E-state index contributed by atoms with van der Waals surface area (Å²) < 4.78 is 0. The van der Waals surface area contributed by atoms with Crippen molar-refractivity contribution in [1.29, 1.82) is 0 Å². The van der Waals surface area contributed by atoms with Crippen LogP contribution in [0.3, 0.4) is 0 Å². The van der Waals surface area contributed by atoms with Crippen molar-refractivity contribution in [3.8, 4) is 0 Å². The SMILES string of the molecule is Cc1ccc(NC(=O)c2cc(N)c[nH]2)c(Cl)c1. The maximum absolute atomic E-state index is 11.8. The molecule has 0 aliphatic heterocycles. The van der Waals surface area contributed by atoms with Crippen LogP contribution in [0.1, 0.15) is 16.1 Å². The lowest BCUT2D eigenvalue weighted by molar-refractivity contribution is 0.102. The first-order chi connectivity index (χ1) is 8.06. The number of anilines is 2. The summed E-state index contributed by atoms with van der Waals surface area (Å²) in [6.07, 6.45) is 1.56. The summed E-state index contributed by atoms with van der Waals surface area (Å²) in [6.45, 7) is 1.93. The number of nitrogens with one attached hydrogen (secondary N) is 2. The zero-order valence-electron chi connectivity index (χ0n) is 9.25. The summed E-state index contributed by atoms with van der Waals surface area (Å²) in [5.41, 5.74) is 8.06. The molecular weight excluding hydrogens is 238 g/mol. The van der Waals surface area contributed by atoms with E-state index >= 15 is 0 Å². The first-order valence-electron chi connectivity index (χ1n) is 5.07. The molecule has 2 aromatic rings. The second-order valence-corrected chi connectivity index (χ2v) is 4.19. The molecule has 0 aliphatic rings. The highest BCUT2D eigenvalue weighted by atomic mass is 35.5. The van der Waals surface area contributed by atoms with Gasteiger partial charge in [0, 0.05) is 11.9 Å². The molecule has 2 rings (SSSR count). The fourth-order valence-corrected chi connectivity index (χ4v) is 1.74. The lowest BCUT2D eigenvalue weighted by Gasteiger charge is -2.06. The molecule has 1 aromatic heterocycles. The number of halogens is 1. The van der Waals surface area contributed by atoms with Gasteiger partial charge < -0.3 is 16.0 Å². The minimum Gasteiger partial charge on any atom is -0.397 e. The molecule has 88 valence electrons. The maximum atomic E-state index is 11.8. The van der Waals surface area contributed by atoms with E-state index in [1.807, 2.05) is 13.0 Å². The molecule has 1 aromatic carbocycles. The fourth-order valence-electron chi connectivity index (χ4n) is 1.45. The van der Waals surface area contributed by atoms with Gasteiger partial charge in [-0.25, -0.2) is 0 Å². The molecule has 0 radical (unpaired) electrons. The Balaban J connectivity index is 2.18. The Morgan fingerprint density at radius 1 is 1.41 bits per heavy atom. The van der Waals surface area contributed by atoms with Crippen molar-refractivity contribution in [2.75, 3.05) is 11.1 Å². The standard InChI is InChI=1S/C12H12ClN3O/c1-7-2-3-10(9(13)4-7)16-12(17)11-5-8(14)6-15-11/h2-6,15H,14H2,1H3,(H,16,17). The normalized spacial score (nSPS) is 10.2. The summed E-state index contributed by atoms with van der Waals surface area (Å²) in [5.74, 6) is -0.271. The van der Waals surface area contributed by atoms with E-state index in [2.05, 4.69) is 10.3 Å². The number of nitrogen functional groups attached to an aromatic ring is 1. The number of H-pyrrole nitrogens is 1. The zero-order valence-corrected chi connectivity index (χ0v) is 10.0. The molecule has 1 heterocycles. The molecule has 4 nitrogen and oxygen atoms in total. The predicted molar refractivity (Wildman–Crippen MR) is 69.3 cm³/mol. The number of rotatable bonds is 2. The Labute approximate surface area is 104 Å². The molecule has 0 fully saturated rings. The molecule has 0 saturated carbocycles. The van der Waals surface area contributed by atoms with Crippen LogP contribution in [0.25, 0.3) is 0 Å². The van der Waals surface area contributed by atoms with Gasteiger partial charge in [-0.2, -0.15) is 0 Å². The van der Waals surface area contributed by atoms with Gasteiger partial charge in [-0.15, -0.1) is 0 Å². The topological polar surface area (TPSA) is 70.9 Å². The number of carbonyl (C=O) groups is 1. The van der Waals surface area contributed by atoms with E-state index in [4.69, 9.17) is 17.3 Å². The Morgan fingerprint density at radius 3 is 2.76 bits per heavy atom. The number of hydrogen-bond acceptors (Lipinski definition) is 2. The molecule has 0 aliphatic carbocycles. The van der Waals surface area contributed by atoms with Crippen molar-refractivity contribution in [3.05, 3.63) is 46.7 Å². The Morgan fingerprint density at radius 2 is 2.18 bits per heavy atom. The lowest BCUT2D eigenvalue weighted by atomic mass is 10.2. The zero-order chi connectivity index (χ0) is 12.4. The van der Waals surface area contributed by atoms with E-state index in [1.54, 1.807) is 24.4 Å². The first kappa shape index (κ1) is 11.5. The molecule has 5 heteroatoms. The van der Waals surface area contributed by atoms with Crippen LogP contribution in [0, 0.1) is 6.92 Å². The van der Waals surface area contributed by atoms with Gasteiger partial charge in [0.05, 0.1) is 10.7 Å². The lowest BCUT2D eigenvalue weighted by Crippen LogP contribution is -2.12. The Kier molecular flexibility index (Phi) is 3.06. The van der Waals surface area contributed by atoms with Gasteiger partial charge in [-0.05, 0) is 30.7 Å². The summed E-state index contributed by atoms with van der Waals surface area (Å²) >= 11 is 6.02. The molecule has 0 unspecified atom stereocenters. The van der Waals surface area contributed by atoms with Crippen molar-refractivity contribution in [3.63, 3.8) is 0 Å². The highest BCUT2D eigenvalue weighted by molar-refractivity contribution is 6.34. The van der Waals surface area contributed by atoms with Crippen LogP contribution < -0.4 is 11.1 Å². The van der Waals surface area contributed by atoms with Crippen LogP contribution in [-0.4, -0.2) is 10.9 Å². The van der Waals surface area contributed by atoms with E-state index in [1.165, 1.54) is 0 Å². The number of hydrogen-bond donors (Lipinski definition) is 3. The van der Waals surface area contributed by atoms with Crippen LogP contribution in [-0.2, 0) is 0 Å². The third-order valence-electron chi connectivity index (χ3n) is 2.32. The van der Waals surface area contributed by atoms with Gasteiger partial charge in [-0.3, -0.25) is 4.79 Å². The average Bonchev–Trinajstić information content (AvgIpc) is 2.69. The van der Waals surface area contributed by atoms with Crippen molar-refractivity contribution in [2.24, 2.45) is 0 Å². The van der Waals surface area contributed by atoms with E-state index in [-0.39, 0.29) is 5.91 Å². The molecule has 0 saturated heterocycles. The maximum Gasteiger partial charge on any atom is 0.272 e. The van der Waals surface area contributed by atoms with Crippen molar-refractivity contribution in [1.82, 2.24) is 4.98 Å². The minimum absolute atomic E-state index is 0.271. The molecule has 0 spiro atoms. The van der Waals surface area contributed by atoms with Crippen molar-refractivity contribution >= 4 is 28.9 Å².